The van der Waals surface area contributed by atoms with Crippen molar-refractivity contribution in [3.05, 3.63) is 46.8 Å². The van der Waals surface area contributed by atoms with E-state index in [0.29, 0.717) is 41.8 Å². The number of benzene rings is 1. The van der Waals surface area contributed by atoms with Gasteiger partial charge in [0, 0.05) is 23.7 Å². The quantitative estimate of drug-likeness (QED) is 0.686. The van der Waals surface area contributed by atoms with E-state index in [-0.39, 0.29) is 5.91 Å². The summed E-state index contributed by atoms with van der Waals surface area (Å²) in [5, 5.41) is 2.90. The normalized spacial score (nSPS) is 20.1. The third kappa shape index (κ3) is 4.88. The Morgan fingerprint density at radius 3 is 2.79 bits per heavy atom. The number of thiophene rings is 1. The summed E-state index contributed by atoms with van der Waals surface area (Å²) in [6, 6.07) is 10.3. The van der Waals surface area contributed by atoms with E-state index >= 15 is 0 Å². The largest absolute Gasteiger partial charge is 0.376 e. The summed E-state index contributed by atoms with van der Waals surface area (Å²) in [7, 11) is -3.66. The van der Waals surface area contributed by atoms with Gasteiger partial charge in [0.15, 0.2) is 0 Å². The van der Waals surface area contributed by atoms with Crippen LogP contribution in [0.2, 0.25) is 0 Å². The Morgan fingerprint density at radius 1 is 1.24 bits per heavy atom. The Kier molecular flexibility index (Phi) is 6.06. The molecule has 1 aliphatic heterocycles. The van der Waals surface area contributed by atoms with Crippen molar-refractivity contribution in [2.24, 2.45) is 5.92 Å². The predicted octanol–water partition coefficient (Wildman–Crippen LogP) is 3.77. The molecule has 1 unspecified atom stereocenters. The molecule has 8 heteroatoms. The number of sulfonamides is 1. The summed E-state index contributed by atoms with van der Waals surface area (Å²) in [4.78, 5) is 13.8. The molecule has 1 aromatic carbocycles. The van der Waals surface area contributed by atoms with Crippen LogP contribution in [0.1, 0.15) is 36.1 Å². The van der Waals surface area contributed by atoms with Crippen LogP contribution in [-0.2, 0) is 26.2 Å². The van der Waals surface area contributed by atoms with Crippen molar-refractivity contribution in [2.45, 2.75) is 49.5 Å². The lowest BCUT2D eigenvalue weighted by molar-refractivity contribution is -0.119. The van der Waals surface area contributed by atoms with Crippen LogP contribution in [0.4, 0.5) is 5.69 Å². The molecule has 156 valence electrons. The maximum Gasteiger partial charge on any atom is 0.253 e. The van der Waals surface area contributed by atoms with Gasteiger partial charge >= 0.3 is 0 Å². The molecule has 0 bridgehead atoms. The fourth-order valence-electron chi connectivity index (χ4n) is 3.55. The first kappa shape index (κ1) is 20.5. The average molecular weight is 435 g/mol. The monoisotopic (exact) mass is 434 g/mol. The molecule has 1 aliphatic carbocycles. The number of nitrogens with one attached hydrogen (secondary N) is 1. The van der Waals surface area contributed by atoms with Crippen molar-refractivity contribution < 1.29 is 17.9 Å². The molecule has 2 aliphatic rings. The van der Waals surface area contributed by atoms with Gasteiger partial charge in [0.1, 0.15) is 10.3 Å². The molecule has 0 radical (unpaired) electrons. The number of hydrogen-bond donors (Lipinski definition) is 1. The van der Waals surface area contributed by atoms with Crippen LogP contribution in [0, 0.1) is 12.8 Å². The third-order valence-corrected chi connectivity index (χ3v) is 8.67. The molecule has 2 aromatic rings. The average Bonchev–Trinajstić information content (AvgIpc) is 3.17. The minimum absolute atomic E-state index is 0.282. The van der Waals surface area contributed by atoms with Crippen molar-refractivity contribution >= 4 is 33.0 Å². The van der Waals surface area contributed by atoms with Crippen LogP contribution in [-0.4, -0.2) is 37.8 Å². The van der Waals surface area contributed by atoms with E-state index in [1.807, 2.05) is 31.2 Å². The summed E-state index contributed by atoms with van der Waals surface area (Å²) in [5.74, 6) is 0.427. The van der Waals surface area contributed by atoms with Crippen molar-refractivity contribution in [1.29, 1.82) is 0 Å². The van der Waals surface area contributed by atoms with Gasteiger partial charge in [0.25, 0.3) is 10.0 Å². The molecule has 2 fully saturated rings. The second-order valence-corrected chi connectivity index (χ2v) is 11.2. The maximum absolute atomic E-state index is 13.0. The number of carbonyl (C=O) groups excluding carboxylic acids is 1. The first-order chi connectivity index (χ1) is 13.9. The fourth-order valence-corrected chi connectivity index (χ4v) is 6.62. The number of aryl methyl sites for hydroxylation is 1. The van der Waals surface area contributed by atoms with Crippen LogP contribution in [0.15, 0.2) is 40.6 Å². The Morgan fingerprint density at radius 2 is 2.07 bits per heavy atom. The number of carbonyl (C=O) groups is 1. The highest BCUT2D eigenvalue weighted by atomic mass is 32.2. The SMILES string of the molecule is Cc1ccc(S(=O)(=O)N2CCCC2C(=O)Nc2cccc(COCC3CC3)c2)s1. The highest BCUT2D eigenvalue weighted by molar-refractivity contribution is 7.91. The lowest BCUT2D eigenvalue weighted by Crippen LogP contribution is -2.42. The molecule has 1 aromatic heterocycles. The topological polar surface area (TPSA) is 75.7 Å². The number of ether oxygens (including phenoxy) is 1. The molecule has 0 spiro atoms. The second-order valence-electron chi connectivity index (χ2n) is 7.79. The Labute approximate surface area is 175 Å². The smallest absolute Gasteiger partial charge is 0.253 e. The summed E-state index contributed by atoms with van der Waals surface area (Å²) in [6.07, 6.45) is 3.71. The lowest BCUT2D eigenvalue weighted by Gasteiger charge is -2.22. The molecule has 4 rings (SSSR count). The Hall–Kier alpha value is -1.74. The van der Waals surface area contributed by atoms with Gasteiger partial charge in [-0.2, -0.15) is 4.31 Å². The van der Waals surface area contributed by atoms with Gasteiger partial charge < -0.3 is 10.1 Å². The number of hydrogen-bond acceptors (Lipinski definition) is 5. The molecule has 1 N–H and O–H groups in total. The summed E-state index contributed by atoms with van der Waals surface area (Å²) in [6.45, 7) is 3.54. The van der Waals surface area contributed by atoms with Gasteiger partial charge in [0.05, 0.1) is 6.61 Å². The molecular formula is C21H26N2O4S2. The molecule has 29 heavy (non-hydrogen) atoms. The van der Waals surface area contributed by atoms with E-state index in [9.17, 15) is 13.2 Å². The molecule has 2 heterocycles. The minimum atomic E-state index is -3.66. The highest BCUT2D eigenvalue weighted by Gasteiger charge is 2.40. The first-order valence-electron chi connectivity index (χ1n) is 9.99. The molecular weight excluding hydrogens is 408 g/mol. The van der Waals surface area contributed by atoms with Gasteiger partial charge in [0.2, 0.25) is 5.91 Å². The predicted molar refractivity (Wildman–Crippen MR) is 113 cm³/mol. The van der Waals surface area contributed by atoms with E-state index in [1.54, 1.807) is 12.1 Å². The summed E-state index contributed by atoms with van der Waals surface area (Å²) < 4.78 is 33.3. The van der Waals surface area contributed by atoms with Crippen LogP contribution in [0.25, 0.3) is 0 Å². The van der Waals surface area contributed by atoms with Gasteiger partial charge in [-0.15, -0.1) is 11.3 Å². The number of rotatable bonds is 8. The highest BCUT2D eigenvalue weighted by Crippen LogP contribution is 2.31. The second kappa shape index (κ2) is 8.55. The minimum Gasteiger partial charge on any atom is -0.376 e. The van der Waals surface area contributed by atoms with Crippen LogP contribution in [0.5, 0.6) is 0 Å². The van der Waals surface area contributed by atoms with Gasteiger partial charge in [-0.1, -0.05) is 12.1 Å². The Balaban J connectivity index is 1.42. The summed E-state index contributed by atoms with van der Waals surface area (Å²) in [5.41, 5.74) is 1.66. The van der Waals surface area contributed by atoms with Gasteiger partial charge in [-0.05, 0) is 68.4 Å². The zero-order valence-corrected chi connectivity index (χ0v) is 18.1. The maximum atomic E-state index is 13.0. The molecule has 1 saturated carbocycles. The van der Waals surface area contributed by atoms with E-state index in [1.165, 1.54) is 28.5 Å². The van der Waals surface area contributed by atoms with E-state index in [4.69, 9.17) is 4.74 Å². The molecule has 1 atom stereocenters. The van der Waals surface area contributed by atoms with Crippen molar-refractivity contribution in [3.63, 3.8) is 0 Å². The van der Waals surface area contributed by atoms with Crippen LogP contribution >= 0.6 is 11.3 Å². The lowest BCUT2D eigenvalue weighted by atomic mass is 10.2. The zero-order chi connectivity index (χ0) is 20.4. The van der Waals surface area contributed by atoms with Crippen molar-refractivity contribution in [2.75, 3.05) is 18.5 Å². The fraction of sp³-hybridized carbons (Fsp3) is 0.476. The number of nitrogens with zero attached hydrogens (tertiary/aromatic N) is 1. The zero-order valence-electron chi connectivity index (χ0n) is 16.5. The first-order valence-corrected chi connectivity index (χ1v) is 12.2. The van der Waals surface area contributed by atoms with Gasteiger partial charge in [-0.3, -0.25) is 4.79 Å². The summed E-state index contributed by atoms with van der Waals surface area (Å²) >= 11 is 1.24. The van der Waals surface area contributed by atoms with E-state index in [2.05, 4.69) is 5.32 Å². The standard InChI is InChI=1S/C21H26N2O4S2/c1-15-7-10-20(28-15)29(25,26)23-11-3-6-19(23)21(24)22-18-5-2-4-17(12-18)14-27-13-16-8-9-16/h2,4-5,7,10,12,16,19H,3,6,8-9,11,13-14H2,1H3,(H,22,24). The van der Waals surface area contributed by atoms with Crippen molar-refractivity contribution in [3.8, 4) is 0 Å². The van der Waals surface area contributed by atoms with E-state index in [0.717, 1.165) is 17.0 Å². The van der Waals surface area contributed by atoms with E-state index < -0.39 is 16.1 Å². The van der Waals surface area contributed by atoms with Crippen LogP contribution < -0.4 is 5.32 Å². The Bertz CT molecular complexity index is 982. The molecule has 1 saturated heterocycles. The van der Waals surface area contributed by atoms with Crippen LogP contribution in [0.3, 0.4) is 0 Å². The molecule has 1 amide bonds. The third-order valence-electron chi connectivity index (χ3n) is 5.30. The van der Waals surface area contributed by atoms with Gasteiger partial charge in [-0.25, -0.2) is 8.42 Å². The van der Waals surface area contributed by atoms with Crippen molar-refractivity contribution in [1.82, 2.24) is 4.31 Å². The number of amides is 1. The number of anilines is 1. The molecule has 6 nitrogen and oxygen atoms in total.